The standard InChI is InChI=1S/C13H15ClN4O/c14-12-3-2-10(15)8-11(12)13(19)17-4-1-6-18-7-5-16-9-18/h2-3,5,7-9H,1,4,6,15H2,(H,17,19). The number of rotatable bonds is 5. The number of anilines is 1. The number of benzene rings is 1. The maximum absolute atomic E-state index is 11.9. The number of aryl methyl sites for hydroxylation is 1. The number of halogens is 1. The molecule has 6 heteroatoms. The zero-order valence-electron chi connectivity index (χ0n) is 10.3. The fourth-order valence-corrected chi connectivity index (χ4v) is 1.90. The molecule has 0 saturated heterocycles. The summed E-state index contributed by atoms with van der Waals surface area (Å²) in [5.74, 6) is -0.206. The Morgan fingerprint density at radius 2 is 2.32 bits per heavy atom. The number of hydrogen-bond donors (Lipinski definition) is 2. The van der Waals surface area contributed by atoms with E-state index in [1.54, 1.807) is 30.7 Å². The molecule has 0 aliphatic carbocycles. The first kappa shape index (κ1) is 13.4. The van der Waals surface area contributed by atoms with Crippen LogP contribution in [0.4, 0.5) is 5.69 Å². The van der Waals surface area contributed by atoms with Crippen molar-refractivity contribution in [3.05, 3.63) is 47.5 Å². The van der Waals surface area contributed by atoms with Crippen LogP contribution < -0.4 is 11.1 Å². The topological polar surface area (TPSA) is 72.9 Å². The molecule has 0 aliphatic rings. The molecule has 1 aromatic carbocycles. The molecule has 5 nitrogen and oxygen atoms in total. The quantitative estimate of drug-likeness (QED) is 0.648. The first-order valence-electron chi connectivity index (χ1n) is 5.96. The van der Waals surface area contributed by atoms with Crippen LogP contribution in [0.15, 0.2) is 36.9 Å². The Hall–Kier alpha value is -2.01. The SMILES string of the molecule is Nc1ccc(Cl)c(C(=O)NCCCn2ccnc2)c1. The van der Waals surface area contributed by atoms with E-state index in [1.807, 2.05) is 10.8 Å². The van der Waals surface area contributed by atoms with E-state index in [-0.39, 0.29) is 5.91 Å². The van der Waals surface area contributed by atoms with Crippen LogP contribution >= 0.6 is 11.6 Å². The largest absolute Gasteiger partial charge is 0.399 e. The fourth-order valence-electron chi connectivity index (χ4n) is 1.69. The van der Waals surface area contributed by atoms with Gasteiger partial charge >= 0.3 is 0 Å². The van der Waals surface area contributed by atoms with Crippen LogP contribution in [0.3, 0.4) is 0 Å². The van der Waals surface area contributed by atoms with Crippen molar-refractivity contribution in [2.24, 2.45) is 0 Å². The van der Waals surface area contributed by atoms with Gasteiger partial charge in [-0.25, -0.2) is 4.98 Å². The van der Waals surface area contributed by atoms with E-state index < -0.39 is 0 Å². The average Bonchev–Trinajstić information content (AvgIpc) is 2.90. The van der Waals surface area contributed by atoms with E-state index in [0.717, 1.165) is 13.0 Å². The summed E-state index contributed by atoms with van der Waals surface area (Å²) in [5, 5.41) is 3.22. The van der Waals surface area contributed by atoms with Gasteiger partial charge in [0, 0.05) is 31.2 Å². The molecule has 2 aromatic rings. The molecule has 0 radical (unpaired) electrons. The minimum Gasteiger partial charge on any atom is -0.399 e. The number of aromatic nitrogens is 2. The molecule has 0 atom stereocenters. The molecule has 1 aromatic heterocycles. The number of nitrogens with two attached hydrogens (primary N) is 1. The van der Waals surface area contributed by atoms with Gasteiger partial charge in [-0.1, -0.05) is 11.6 Å². The molecule has 0 unspecified atom stereocenters. The second-order valence-electron chi connectivity index (χ2n) is 4.15. The van der Waals surface area contributed by atoms with Crippen LogP contribution in [0.2, 0.25) is 5.02 Å². The second-order valence-corrected chi connectivity index (χ2v) is 4.56. The third kappa shape index (κ3) is 3.72. The lowest BCUT2D eigenvalue weighted by Gasteiger charge is -2.07. The number of amides is 1. The number of carbonyl (C=O) groups is 1. The van der Waals surface area contributed by atoms with Gasteiger partial charge in [-0.05, 0) is 24.6 Å². The third-order valence-corrected chi connectivity index (χ3v) is 3.00. The van der Waals surface area contributed by atoms with E-state index in [1.165, 1.54) is 0 Å². The predicted molar refractivity (Wildman–Crippen MR) is 75.0 cm³/mol. The summed E-state index contributed by atoms with van der Waals surface area (Å²) in [5.41, 5.74) is 6.56. The molecule has 0 spiro atoms. The van der Waals surface area contributed by atoms with Crippen LogP contribution in [0.1, 0.15) is 16.8 Å². The summed E-state index contributed by atoms with van der Waals surface area (Å²) in [7, 11) is 0. The molecular formula is C13H15ClN4O. The van der Waals surface area contributed by atoms with E-state index in [9.17, 15) is 4.79 Å². The molecule has 0 saturated carbocycles. The van der Waals surface area contributed by atoms with E-state index in [0.29, 0.717) is 22.8 Å². The van der Waals surface area contributed by atoms with Crippen LogP contribution in [-0.2, 0) is 6.54 Å². The van der Waals surface area contributed by atoms with Crippen molar-refractivity contribution in [3.8, 4) is 0 Å². The molecule has 2 rings (SSSR count). The highest BCUT2D eigenvalue weighted by molar-refractivity contribution is 6.34. The van der Waals surface area contributed by atoms with E-state index >= 15 is 0 Å². The summed E-state index contributed by atoms with van der Waals surface area (Å²) < 4.78 is 1.96. The van der Waals surface area contributed by atoms with Gasteiger partial charge in [0.2, 0.25) is 0 Å². The van der Waals surface area contributed by atoms with Gasteiger partial charge in [-0.2, -0.15) is 0 Å². The summed E-state index contributed by atoms with van der Waals surface area (Å²) in [6.07, 6.45) is 6.18. The highest BCUT2D eigenvalue weighted by Crippen LogP contribution is 2.18. The molecule has 100 valence electrons. The number of nitrogens with zero attached hydrogens (tertiary/aromatic N) is 2. The van der Waals surface area contributed by atoms with Crippen molar-refractivity contribution in [2.75, 3.05) is 12.3 Å². The van der Waals surface area contributed by atoms with Crippen molar-refractivity contribution in [3.63, 3.8) is 0 Å². The monoisotopic (exact) mass is 278 g/mol. The number of imidazole rings is 1. The summed E-state index contributed by atoms with van der Waals surface area (Å²) in [4.78, 5) is 15.9. The predicted octanol–water partition coefficient (Wildman–Crippen LogP) is 1.94. The zero-order valence-corrected chi connectivity index (χ0v) is 11.1. The second kappa shape index (κ2) is 6.24. The lowest BCUT2D eigenvalue weighted by molar-refractivity contribution is 0.0953. The number of nitrogens with one attached hydrogen (secondary N) is 1. The molecule has 0 bridgehead atoms. The maximum atomic E-state index is 11.9. The summed E-state index contributed by atoms with van der Waals surface area (Å²) >= 11 is 5.96. The maximum Gasteiger partial charge on any atom is 0.252 e. The van der Waals surface area contributed by atoms with Crippen LogP contribution in [0.25, 0.3) is 0 Å². The molecule has 1 heterocycles. The molecule has 1 amide bonds. The molecule has 3 N–H and O–H groups in total. The Labute approximate surface area is 116 Å². The minimum absolute atomic E-state index is 0.206. The smallest absolute Gasteiger partial charge is 0.252 e. The normalized spacial score (nSPS) is 10.4. The Balaban J connectivity index is 1.82. The Kier molecular flexibility index (Phi) is 4.41. The van der Waals surface area contributed by atoms with Gasteiger partial charge in [0.15, 0.2) is 0 Å². The van der Waals surface area contributed by atoms with Gasteiger partial charge in [0.25, 0.3) is 5.91 Å². The van der Waals surface area contributed by atoms with Crippen molar-refractivity contribution in [1.29, 1.82) is 0 Å². The van der Waals surface area contributed by atoms with Gasteiger partial charge in [0.1, 0.15) is 0 Å². The van der Waals surface area contributed by atoms with Crippen LogP contribution in [0, 0.1) is 0 Å². The molecule has 0 aliphatic heterocycles. The highest BCUT2D eigenvalue weighted by atomic mass is 35.5. The van der Waals surface area contributed by atoms with Crippen LogP contribution in [0.5, 0.6) is 0 Å². The Morgan fingerprint density at radius 1 is 1.47 bits per heavy atom. The number of carbonyl (C=O) groups excluding carboxylic acids is 1. The van der Waals surface area contributed by atoms with Gasteiger partial charge in [-0.3, -0.25) is 4.79 Å². The average molecular weight is 279 g/mol. The molecular weight excluding hydrogens is 264 g/mol. The van der Waals surface area contributed by atoms with Crippen molar-refractivity contribution in [1.82, 2.24) is 14.9 Å². The minimum atomic E-state index is -0.206. The van der Waals surface area contributed by atoms with Crippen molar-refractivity contribution >= 4 is 23.2 Å². The van der Waals surface area contributed by atoms with Gasteiger partial charge < -0.3 is 15.6 Å². The zero-order chi connectivity index (χ0) is 13.7. The first-order valence-corrected chi connectivity index (χ1v) is 6.33. The third-order valence-electron chi connectivity index (χ3n) is 2.67. The van der Waals surface area contributed by atoms with Crippen molar-refractivity contribution < 1.29 is 4.79 Å². The first-order chi connectivity index (χ1) is 9.16. The fraction of sp³-hybridized carbons (Fsp3) is 0.231. The lowest BCUT2D eigenvalue weighted by atomic mass is 10.2. The Bertz CT molecular complexity index is 554. The van der Waals surface area contributed by atoms with E-state index in [4.69, 9.17) is 17.3 Å². The molecule has 19 heavy (non-hydrogen) atoms. The van der Waals surface area contributed by atoms with E-state index in [2.05, 4.69) is 10.3 Å². The number of hydrogen-bond acceptors (Lipinski definition) is 3. The molecule has 0 fully saturated rings. The van der Waals surface area contributed by atoms with Crippen molar-refractivity contribution in [2.45, 2.75) is 13.0 Å². The number of nitrogen functional groups attached to an aromatic ring is 1. The summed E-state index contributed by atoms with van der Waals surface area (Å²) in [6.45, 7) is 1.38. The highest BCUT2D eigenvalue weighted by Gasteiger charge is 2.09. The summed E-state index contributed by atoms with van der Waals surface area (Å²) in [6, 6.07) is 4.86. The van der Waals surface area contributed by atoms with Gasteiger partial charge in [-0.15, -0.1) is 0 Å². The Morgan fingerprint density at radius 3 is 3.05 bits per heavy atom. The van der Waals surface area contributed by atoms with Gasteiger partial charge in [0.05, 0.1) is 16.9 Å². The van der Waals surface area contributed by atoms with Crippen LogP contribution in [-0.4, -0.2) is 22.0 Å². The lowest BCUT2D eigenvalue weighted by Crippen LogP contribution is -2.25.